The molecule has 6 aliphatic rings. The maximum Gasteiger partial charge on any atom is 0.306 e. The lowest BCUT2D eigenvalue weighted by molar-refractivity contribution is -0.142. The Bertz CT molecular complexity index is 2190. The number of nitrogens with one attached hydrogen (secondary N) is 1. The molecule has 3 atom stereocenters. The number of allylic oxidation sites excluding steroid dienone is 16. The Kier molecular flexibility index (Phi) is 13.6. The second kappa shape index (κ2) is 18.4. The average molecular weight is 785 g/mol. The Hall–Kier alpha value is -4.82. The second-order valence-corrected chi connectivity index (χ2v) is 17.0. The smallest absolute Gasteiger partial charge is 0.306 e. The Morgan fingerprint density at radius 1 is 0.914 bits per heavy atom. The molecule has 5 aliphatic heterocycles. The summed E-state index contributed by atoms with van der Waals surface area (Å²) in [7, 11) is 0. The highest BCUT2D eigenvalue weighted by atomic mass is 16.5. The van der Waals surface area contributed by atoms with Gasteiger partial charge in [0.05, 0.1) is 40.3 Å². The van der Waals surface area contributed by atoms with Gasteiger partial charge in [-0.1, -0.05) is 56.1 Å². The summed E-state index contributed by atoms with van der Waals surface area (Å²) in [5.74, 6) is 0.0789. The van der Waals surface area contributed by atoms with E-state index >= 15 is 0 Å². The van der Waals surface area contributed by atoms with Crippen molar-refractivity contribution in [2.45, 2.75) is 140 Å². The summed E-state index contributed by atoms with van der Waals surface area (Å²) in [4.78, 5) is 28.8. The highest BCUT2D eigenvalue weighted by Crippen LogP contribution is 2.47. The number of esters is 1. The van der Waals surface area contributed by atoms with E-state index in [1.807, 2.05) is 19.1 Å². The largest absolute Gasteiger partial charge is 0.511 e. The molecule has 8 bridgehead atoms. The van der Waals surface area contributed by atoms with Gasteiger partial charge in [-0.3, -0.25) is 4.79 Å². The number of rotatable bonds is 15. The number of ether oxygens (including phenoxy) is 1. The fraction of sp³-hybridized carbons (Fsp3) is 0.480. The Labute approximate surface area is 346 Å². The van der Waals surface area contributed by atoms with Gasteiger partial charge in [0.25, 0.3) is 0 Å². The topological polar surface area (TPSA) is 116 Å². The van der Waals surface area contributed by atoms with E-state index in [2.05, 4.69) is 85.0 Å². The molecule has 3 N–H and O–H groups in total. The standard InChI is InChI=1S/C50H64N4O4/c1-11-15-36-31(7)39-26-44-47(34(10)55)33(9)41(52-44)25-40-32(8)37(20-21-46(57)58-23-22-30(6)19-14-18-29(5)17-13-16-28(3)4)49(53-40)38-24-45(56)48-35(12-2)42(54-50(38)48)27-43(36)51-39/h16,18,22,25-27,32,34,37,53,55-56H,11-15,17,19-21,23-24H2,1-10H3. The molecule has 0 spiro atoms. The van der Waals surface area contributed by atoms with Crippen LogP contribution in [0.15, 0.2) is 141 Å². The van der Waals surface area contributed by atoms with Crippen LogP contribution < -0.4 is 5.32 Å². The summed E-state index contributed by atoms with van der Waals surface area (Å²) in [5.41, 5.74) is 17.6. The fourth-order valence-electron chi connectivity index (χ4n) is 8.98. The second-order valence-electron chi connectivity index (χ2n) is 17.0. The number of hydrogen-bond acceptors (Lipinski definition) is 8. The average Bonchev–Trinajstić information content (AvgIpc) is 3.93. The van der Waals surface area contributed by atoms with E-state index in [0.29, 0.717) is 25.0 Å². The van der Waals surface area contributed by atoms with Crippen molar-refractivity contribution < 1.29 is 19.7 Å². The minimum atomic E-state index is -0.716. The number of aliphatic hydroxyl groups excluding tert-OH is 2. The molecule has 1 fully saturated rings. The molecule has 8 heteroatoms. The molecule has 0 amide bonds. The summed E-state index contributed by atoms with van der Waals surface area (Å²) in [6, 6.07) is 0. The van der Waals surface area contributed by atoms with Crippen LogP contribution >= 0.6 is 0 Å². The number of carbonyl (C=O) groups is 1. The summed E-state index contributed by atoms with van der Waals surface area (Å²) < 4.78 is 5.75. The maximum absolute atomic E-state index is 13.3. The van der Waals surface area contributed by atoms with Gasteiger partial charge in [-0.05, 0) is 140 Å². The van der Waals surface area contributed by atoms with Crippen molar-refractivity contribution in [3.8, 4) is 0 Å². The summed E-state index contributed by atoms with van der Waals surface area (Å²) in [5, 5.41) is 26.4. The fourth-order valence-corrected chi connectivity index (χ4v) is 8.98. The van der Waals surface area contributed by atoms with Crippen LogP contribution in [0.4, 0.5) is 0 Å². The minimum Gasteiger partial charge on any atom is -0.511 e. The first-order chi connectivity index (χ1) is 27.7. The van der Waals surface area contributed by atoms with Crippen molar-refractivity contribution in [2.24, 2.45) is 26.8 Å². The van der Waals surface area contributed by atoms with Crippen molar-refractivity contribution in [3.05, 3.63) is 126 Å². The van der Waals surface area contributed by atoms with Crippen LogP contribution in [-0.4, -0.2) is 46.0 Å². The minimum absolute atomic E-state index is 0.0146. The van der Waals surface area contributed by atoms with Crippen molar-refractivity contribution in [2.75, 3.05) is 6.61 Å². The molecule has 3 unspecified atom stereocenters. The third-order valence-electron chi connectivity index (χ3n) is 12.3. The first kappa shape index (κ1) is 42.8. The number of nitrogens with zero attached hydrogens (tertiary/aromatic N) is 3. The van der Waals surface area contributed by atoms with E-state index in [1.165, 1.54) is 22.3 Å². The molecular weight excluding hydrogens is 721 g/mol. The number of fused-ring (bicyclic) bond motifs is 5. The molecule has 6 rings (SSSR count). The normalized spacial score (nSPS) is 22.3. The van der Waals surface area contributed by atoms with E-state index in [4.69, 9.17) is 19.7 Å². The van der Waals surface area contributed by atoms with Gasteiger partial charge in [-0.25, -0.2) is 15.0 Å². The SMILES string of the molecule is CCCC1=C(C)C2=NC1=CC1=C(CC)C3=C(O)CC(=C4NC(=CC5=NC(=C2)C(C(C)O)=C5C)C(C)C4CCC(=O)OCC=C(C)CCC=C(C)CCC=C(C)C)C3=N1. The van der Waals surface area contributed by atoms with Crippen LogP contribution in [-0.2, 0) is 9.53 Å². The van der Waals surface area contributed by atoms with E-state index < -0.39 is 6.10 Å². The lowest BCUT2D eigenvalue weighted by Gasteiger charge is -2.17. The molecule has 0 radical (unpaired) electrons. The molecule has 1 aliphatic carbocycles. The van der Waals surface area contributed by atoms with Gasteiger partial charge >= 0.3 is 5.97 Å². The van der Waals surface area contributed by atoms with Crippen LogP contribution in [0.3, 0.4) is 0 Å². The summed E-state index contributed by atoms with van der Waals surface area (Å²) in [6.45, 7) is 21.2. The van der Waals surface area contributed by atoms with Crippen LogP contribution in [0.5, 0.6) is 0 Å². The Balaban J connectivity index is 1.29. The molecule has 58 heavy (non-hydrogen) atoms. The zero-order valence-electron chi connectivity index (χ0n) is 36.5. The number of carbonyl (C=O) groups excluding carboxylic acids is 1. The van der Waals surface area contributed by atoms with E-state index in [9.17, 15) is 15.0 Å². The van der Waals surface area contributed by atoms with Gasteiger partial charge in [-0.15, -0.1) is 0 Å². The molecule has 308 valence electrons. The monoisotopic (exact) mass is 784 g/mol. The van der Waals surface area contributed by atoms with Crippen molar-refractivity contribution >= 4 is 23.1 Å². The van der Waals surface area contributed by atoms with E-state index in [0.717, 1.165) is 118 Å². The lowest BCUT2D eigenvalue weighted by atomic mass is 9.86. The van der Waals surface area contributed by atoms with E-state index in [1.54, 1.807) is 6.92 Å². The third kappa shape index (κ3) is 9.07. The van der Waals surface area contributed by atoms with Crippen LogP contribution in [0.2, 0.25) is 0 Å². The predicted molar refractivity (Wildman–Crippen MR) is 239 cm³/mol. The van der Waals surface area contributed by atoms with Gasteiger partial charge in [-0.2, -0.15) is 0 Å². The quantitative estimate of drug-likeness (QED) is 0.113. The summed E-state index contributed by atoms with van der Waals surface area (Å²) in [6.07, 6.45) is 20.0. The first-order valence-corrected chi connectivity index (χ1v) is 21.5. The molecular formula is C50H64N4O4. The zero-order valence-corrected chi connectivity index (χ0v) is 36.5. The highest BCUT2D eigenvalue weighted by Gasteiger charge is 2.42. The molecule has 0 aromatic heterocycles. The maximum atomic E-state index is 13.3. The van der Waals surface area contributed by atoms with Gasteiger partial charge in [0.2, 0.25) is 0 Å². The van der Waals surface area contributed by atoms with Gasteiger partial charge in [0, 0.05) is 52.8 Å². The predicted octanol–water partition coefficient (Wildman–Crippen LogP) is 11.6. The molecule has 1 saturated heterocycles. The Morgan fingerprint density at radius 2 is 1.60 bits per heavy atom. The molecule has 0 aromatic rings. The van der Waals surface area contributed by atoms with Crippen LogP contribution in [0.25, 0.3) is 0 Å². The van der Waals surface area contributed by atoms with Crippen molar-refractivity contribution in [1.82, 2.24) is 5.32 Å². The van der Waals surface area contributed by atoms with Crippen LogP contribution in [0.1, 0.15) is 133 Å². The number of hydrogen-bond donors (Lipinski definition) is 3. The highest BCUT2D eigenvalue weighted by molar-refractivity contribution is 6.21. The van der Waals surface area contributed by atoms with Crippen molar-refractivity contribution in [3.63, 3.8) is 0 Å². The number of aliphatic hydroxyl groups is 2. The zero-order chi connectivity index (χ0) is 41.8. The van der Waals surface area contributed by atoms with Gasteiger partial charge in [0.1, 0.15) is 12.4 Å². The third-order valence-corrected chi connectivity index (χ3v) is 12.3. The lowest BCUT2D eigenvalue weighted by Crippen LogP contribution is -2.16. The summed E-state index contributed by atoms with van der Waals surface area (Å²) >= 11 is 0. The van der Waals surface area contributed by atoms with Gasteiger partial charge in [0.15, 0.2) is 0 Å². The van der Waals surface area contributed by atoms with Crippen molar-refractivity contribution in [1.29, 1.82) is 0 Å². The molecule has 5 heterocycles. The molecule has 0 saturated carbocycles. The first-order valence-electron chi connectivity index (χ1n) is 21.5. The Morgan fingerprint density at radius 3 is 2.29 bits per heavy atom. The molecule has 0 aromatic carbocycles. The van der Waals surface area contributed by atoms with Crippen LogP contribution in [0, 0.1) is 11.8 Å². The van der Waals surface area contributed by atoms with Gasteiger partial charge < -0.3 is 20.3 Å². The number of aliphatic imine (C=N–C) groups is 3. The van der Waals surface area contributed by atoms with E-state index in [-0.39, 0.29) is 30.8 Å². The molecule has 8 nitrogen and oxygen atoms in total.